The van der Waals surface area contributed by atoms with Gasteiger partial charge in [0.1, 0.15) is 23.0 Å². The molecule has 1 fully saturated rings. The van der Waals surface area contributed by atoms with E-state index < -0.39 is 23.4 Å². The van der Waals surface area contributed by atoms with E-state index in [-0.39, 0.29) is 24.2 Å². The van der Waals surface area contributed by atoms with Gasteiger partial charge in [-0.3, -0.25) is 0 Å². The molecule has 0 amide bonds. The summed E-state index contributed by atoms with van der Waals surface area (Å²) in [5.74, 6) is -2.55. The number of halogens is 6. The van der Waals surface area contributed by atoms with Crippen molar-refractivity contribution < 1.29 is 26.3 Å². The summed E-state index contributed by atoms with van der Waals surface area (Å²) in [6.07, 6.45) is 5.98. The molecule has 0 atom stereocenters. The Labute approximate surface area is 192 Å². The summed E-state index contributed by atoms with van der Waals surface area (Å²) in [5, 5.41) is 0. The Morgan fingerprint density at radius 2 is 1.45 bits per heavy atom. The lowest BCUT2D eigenvalue weighted by atomic mass is 9.77. The zero-order chi connectivity index (χ0) is 24.0. The fourth-order valence-corrected chi connectivity index (χ4v) is 4.98. The third-order valence-electron chi connectivity index (χ3n) is 6.93. The molecule has 182 valence electrons. The Morgan fingerprint density at radius 1 is 0.788 bits per heavy atom. The Morgan fingerprint density at radius 3 is 2.03 bits per heavy atom. The third kappa shape index (κ3) is 7.00. The second kappa shape index (κ2) is 11.4. The molecule has 0 aliphatic heterocycles. The molecule has 3 rings (SSSR count). The number of alkyl halides is 3. The van der Waals surface area contributed by atoms with E-state index in [1.807, 2.05) is 6.07 Å². The van der Waals surface area contributed by atoms with Gasteiger partial charge in [0.15, 0.2) is 0 Å². The molecular weight excluding hydrogens is 438 g/mol. The molecule has 1 aliphatic rings. The maximum absolute atomic E-state index is 14.7. The van der Waals surface area contributed by atoms with Crippen molar-refractivity contribution in [1.29, 1.82) is 0 Å². The van der Waals surface area contributed by atoms with E-state index in [1.54, 1.807) is 12.1 Å². The minimum Gasteiger partial charge on any atom is -0.207 e. The maximum atomic E-state index is 14.7. The Balaban J connectivity index is 1.55. The van der Waals surface area contributed by atoms with E-state index in [4.69, 9.17) is 0 Å². The van der Waals surface area contributed by atoms with Gasteiger partial charge in [0.25, 0.3) is 0 Å². The SMILES string of the molecule is CCCCCCC1CCC(c2ccc(CCc3cc(F)c(C(F)(F)F)c(F)c3)c(F)c2)CC1. The Bertz CT molecular complexity index is 886. The average molecular weight is 471 g/mol. The first-order valence-electron chi connectivity index (χ1n) is 12.0. The standard InChI is InChI=1S/C27H32F6/c1-2-3-4-5-6-18-7-10-20(11-8-18)22-14-13-21(23(28)17-22)12-9-19-15-24(29)26(25(30)16-19)27(31,32)33/h13-18,20H,2-12H2,1H3. The van der Waals surface area contributed by atoms with Gasteiger partial charge in [-0.25, -0.2) is 13.2 Å². The summed E-state index contributed by atoms with van der Waals surface area (Å²) >= 11 is 0. The van der Waals surface area contributed by atoms with Gasteiger partial charge in [-0.1, -0.05) is 51.2 Å². The number of hydrogen-bond donors (Lipinski definition) is 0. The molecule has 2 aromatic carbocycles. The second-order valence-corrected chi connectivity index (χ2v) is 9.35. The van der Waals surface area contributed by atoms with Crippen LogP contribution in [0.2, 0.25) is 0 Å². The molecule has 0 N–H and O–H groups in total. The van der Waals surface area contributed by atoms with Gasteiger partial charge >= 0.3 is 6.18 Å². The lowest BCUT2D eigenvalue weighted by Gasteiger charge is -2.29. The highest BCUT2D eigenvalue weighted by atomic mass is 19.4. The lowest BCUT2D eigenvalue weighted by molar-refractivity contribution is -0.142. The topological polar surface area (TPSA) is 0 Å². The van der Waals surface area contributed by atoms with Crippen molar-refractivity contribution in [1.82, 2.24) is 0 Å². The second-order valence-electron chi connectivity index (χ2n) is 9.35. The van der Waals surface area contributed by atoms with Gasteiger partial charge in [-0.15, -0.1) is 0 Å². The first-order valence-corrected chi connectivity index (χ1v) is 12.0. The molecule has 1 saturated carbocycles. The van der Waals surface area contributed by atoms with Crippen molar-refractivity contribution in [3.05, 3.63) is 70.0 Å². The highest BCUT2D eigenvalue weighted by Crippen LogP contribution is 2.38. The summed E-state index contributed by atoms with van der Waals surface area (Å²) in [6, 6.07) is 6.52. The minimum absolute atomic E-state index is 0.0470. The van der Waals surface area contributed by atoms with Gasteiger partial charge in [0.2, 0.25) is 0 Å². The molecule has 0 unspecified atom stereocenters. The van der Waals surface area contributed by atoms with Crippen molar-refractivity contribution in [3.8, 4) is 0 Å². The molecule has 0 heterocycles. The van der Waals surface area contributed by atoms with Crippen molar-refractivity contribution >= 4 is 0 Å². The Kier molecular flexibility index (Phi) is 8.88. The molecule has 33 heavy (non-hydrogen) atoms. The molecule has 0 aromatic heterocycles. The molecule has 0 bridgehead atoms. The van der Waals surface area contributed by atoms with E-state index in [9.17, 15) is 26.3 Å². The molecule has 0 radical (unpaired) electrons. The highest BCUT2D eigenvalue weighted by molar-refractivity contribution is 5.31. The fraction of sp³-hybridized carbons (Fsp3) is 0.556. The van der Waals surface area contributed by atoms with Crippen LogP contribution < -0.4 is 0 Å². The normalized spacial score (nSPS) is 19.1. The lowest BCUT2D eigenvalue weighted by Crippen LogP contribution is -2.14. The van der Waals surface area contributed by atoms with Crippen molar-refractivity contribution in [3.63, 3.8) is 0 Å². The zero-order valence-electron chi connectivity index (χ0n) is 19.1. The molecule has 2 aromatic rings. The van der Waals surface area contributed by atoms with Crippen LogP contribution in [0.1, 0.15) is 92.9 Å². The van der Waals surface area contributed by atoms with Gasteiger partial charge in [-0.05, 0) is 85.3 Å². The van der Waals surface area contributed by atoms with Crippen LogP contribution in [0.3, 0.4) is 0 Å². The van der Waals surface area contributed by atoms with E-state index in [0.29, 0.717) is 23.6 Å². The van der Waals surface area contributed by atoms with Crippen LogP contribution in [-0.2, 0) is 19.0 Å². The van der Waals surface area contributed by atoms with Crippen molar-refractivity contribution in [2.45, 2.75) is 89.6 Å². The first-order chi connectivity index (χ1) is 15.7. The van der Waals surface area contributed by atoms with Crippen LogP contribution in [0.15, 0.2) is 30.3 Å². The molecule has 0 saturated heterocycles. The van der Waals surface area contributed by atoms with Crippen molar-refractivity contribution in [2.24, 2.45) is 5.92 Å². The van der Waals surface area contributed by atoms with Crippen LogP contribution in [0.4, 0.5) is 26.3 Å². The van der Waals surface area contributed by atoms with Crippen LogP contribution >= 0.6 is 0 Å². The molecule has 0 spiro atoms. The molecular formula is C27H32F6. The minimum atomic E-state index is -5.09. The quantitative estimate of drug-likeness (QED) is 0.253. The van der Waals surface area contributed by atoms with Crippen molar-refractivity contribution in [2.75, 3.05) is 0 Å². The summed E-state index contributed by atoms with van der Waals surface area (Å²) in [4.78, 5) is 0. The maximum Gasteiger partial charge on any atom is 0.422 e. The predicted octanol–water partition coefficient (Wildman–Crippen LogP) is 9.15. The molecule has 6 heteroatoms. The zero-order valence-corrected chi connectivity index (χ0v) is 19.1. The van der Waals surface area contributed by atoms with Crippen LogP contribution in [0.5, 0.6) is 0 Å². The van der Waals surface area contributed by atoms with Crippen LogP contribution in [0, 0.1) is 23.4 Å². The van der Waals surface area contributed by atoms with E-state index in [2.05, 4.69) is 6.92 Å². The summed E-state index contributed by atoms with van der Waals surface area (Å²) in [5.41, 5.74) is -0.451. The molecule has 0 nitrogen and oxygen atoms in total. The number of rotatable bonds is 9. The highest BCUT2D eigenvalue weighted by Gasteiger charge is 2.37. The first kappa shape index (κ1) is 25.6. The van der Waals surface area contributed by atoms with E-state index in [1.165, 1.54) is 44.9 Å². The number of hydrogen-bond acceptors (Lipinski definition) is 0. The van der Waals surface area contributed by atoms with Gasteiger partial charge < -0.3 is 0 Å². The van der Waals surface area contributed by atoms with E-state index >= 15 is 0 Å². The number of aryl methyl sites for hydroxylation is 2. The smallest absolute Gasteiger partial charge is 0.207 e. The monoisotopic (exact) mass is 470 g/mol. The fourth-order valence-electron chi connectivity index (χ4n) is 4.98. The Hall–Kier alpha value is -1.98. The third-order valence-corrected chi connectivity index (χ3v) is 6.93. The van der Waals surface area contributed by atoms with Gasteiger partial charge in [0.05, 0.1) is 0 Å². The predicted molar refractivity (Wildman–Crippen MR) is 119 cm³/mol. The largest absolute Gasteiger partial charge is 0.422 e. The van der Waals surface area contributed by atoms with E-state index in [0.717, 1.165) is 24.3 Å². The van der Waals surface area contributed by atoms with Gasteiger partial charge in [-0.2, -0.15) is 13.2 Å². The average Bonchev–Trinajstić information content (AvgIpc) is 2.75. The molecule has 1 aliphatic carbocycles. The summed E-state index contributed by atoms with van der Waals surface area (Å²) in [7, 11) is 0. The number of benzene rings is 2. The number of unbranched alkanes of at least 4 members (excludes halogenated alkanes) is 3. The van der Waals surface area contributed by atoms with Crippen LogP contribution in [-0.4, -0.2) is 0 Å². The summed E-state index contributed by atoms with van der Waals surface area (Å²) < 4.78 is 80.4. The van der Waals surface area contributed by atoms with Gasteiger partial charge in [0, 0.05) is 0 Å². The van der Waals surface area contributed by atoms with Crippen LogP contribution in [0.25, 0.3) is 0 Å². The summed E-state index contributed by atoms with van der Waals surface area (Å²) in [6.45, 7) is 2.21.